The van der Waals surface area contributed by atoms with E-state index in [1.165, 1.54) is 23.1 Å². The highest BCUT2D eigenvalue weighted by atomic mass is 16.6. The number of nitrogens with zero attached hydrogens (tertiary/aromatic N) is 4. The molecule has 1 fully saturated rings. The summed E-state index contributed by atoms with van der Waals surface area (Å²) in [4.78, 5) is 26.0. The molecule has 1 aromatic rings. The Morgan fingerprint density at radius 2 is 2.18 bits per heavy atom. The van der Waals surface area contributed by atoms with Gasteiger partial charge in [0.05, 0.1) is 36.3 Å². The number of rotatable bonds is 4. The van der Waals surface area contributed by atoms with Crippen molar-refractivity contribution in [2.45, 2.75) is 0 Å². The molecule has 0 radical (unpaired) electrons. The number of amides is 1. The predicted molar refractivity (Wildman–Crippen MR) is 78.5 cm³/mol. The van der Waals surface area contributed by atoms with Crippen LogP contribution in [0.1, 0.15) is 5.56 Å². The number of nitro groups is 1. The summed E-state index contributed by atoms with van der Waals surface area (Å²) in [6.45, 7) is 2.05. The molecule has 1 aliphatic heterocycles. The number of nitriles is 1. The van der Waals surface area contributed by atoms with Gasteiger partial charge in [0.1, 0.15) is 5.69 Å². The van der Waals surface area contributed by atoms with Gasteiger partial charge in [0.15, 0.2) is 0 Å². The van der Waals surface area contributed by atoms with Gasteiger partial charge in [0.2, 0.25) is 5.91 Å². The first-order valence-electron chi connectivity index (χ1n) is 6.78. The summed E-state index contributed by atoms with van der Waals surface area (Å²) < 4.78 is 5.19. The third-order valence-electron chi connectivity index (χ3n) is 3.45. The number of anilines is 1. The highest BCUT2D eigenvalue weighted by Gasteiger charge is 2.22. The van der Waals surface area contributed by atoms with Crippen LogP contribution in [0.25, 0.3) is 0 Å². The van der Waals surface area contributed by atoms with Crippen LogP contribution in [0.2, 0.25) is 0 Å². The molecule has 116 valence electrons. The molecule has 0 N–H and O–H groups in total. The second-order valence-corrected chi connectivity index (χ2v) is 4.92. The predicted octanol–water partition coefficient (Wildman–Crippen LogP) is 0.761. The maximum absolute atomic E-state index is 12.2. The van der Waals surface area contributed by atoms with Crippen molar-refractivity contribution in [2.24, 2.45) is 0 Å². The smallest absolute Gasteiger partial charge is 0.292 e. The van der Waals surface area contributed by atoms with Gasteiger partial charge in [-0.2, -0.15) is 5.26 Å². The zero-order chi connectivity index (χ0) is 16.1. The van der Waals surface area contributed by atoms with Crippen LogP contribution in [-0.2, 0) is 9.53 Å². The van der Waals surface area contributed by atoms with Crippen LogP contribution in [0.5, 0.6) is 0 Å². The van der Waals surface area contributed by atoms with Crippen LogP contribution in [0.3, 0.4) is 0 Å². The molecule has 0 aromatic heterocycles. The molecule has 2 rings (SSSR count). The maximum Gasteiger partial charge on any atom is 0.292 e. The van der Waals surface area contributed by atoms with Crippen LogP contribution >= 0.6 is 0 Å². The van der Waals surface area contributed by atoms with E-state index in [-0.39, 0.29) is 23.8 Å². The largest absolute Gasteiger partial charge is 0.378 e. The molecule has 0 unspecified atom stereocenters. The third-order valence-corrected chi connectivity index (χ3v) is 3.45. The number of benzene rings is 1. The van der Waals surface area contributed by atoms with Crippen molar-refractivity contribution in [3.63, 3.8) is 0 Å². The van der Waals surface area contributed by atoms with Gasteiger partial charge in [-0.1, -0.05) is 0 Å². The van der Waals surface area contributed by atoms with Crippen molar-refractivity contribution >= 4 is 17.3 Å². The van der Waals surface area contributed by atoms with Gasteiger partial charge in [-0.25, -0.2) is 0 Å². The van der Waals surface area contributed by atoms with Crippen LogP contribution in [0, 0.1) is 21.4 Å². The second-order valence-electron chi connectivity index (χ2n) is 4.92. The summed E-state index contributed by atoms with van der Waals surface area (Å²) in [5.74, 6) is -0.123. The minimum atomic E-state index is -0.522. The molecule has 1 amide bonds. The highest BCUT2D eigenvalue weighted by molar-refractivity contribution is 5.82. The van der Waals surface area contributed by atoms with Crippen LogP contribution in [-0.4, -0.2) is 55.6 Å². The van der Waals surface area contributed by atoms with E-state index in [4.69, 9.17) is 10.00 Å². The summed E-state index contributed by atoms with van der Waals surface area (Å²) in [6, 6.07) is 6.03. The summed E-state index contributed by atoms with van der Waals surface area (Å²) in [5, 5.41) is 20.0. The van der Waals surface area contributed by atoms with Gasteiger partial charge < -0.3 is 14.5 Å². The summed E-state index contributed by atoms with van der Waals surface area (Å²) >= 11 is 0. The molecular weight excluding hydrogens is 288 g/mol. The van der Waals surface area contributed by atoms with E-state index in [1.807, 2.05) is 6.07 Å². The van der Waals surface area contributed by atoms with E-state index in [9.17, 15) is 14.9 Å². The van der Waals surface area contributed by atoms with Crippen LogP contribution in [0.15, 0.2) is 18.2 Å². The topological polar surface area (TPSA) is 99.7 Å². The molecule has 1 aromatic carbocycles. The van der Waals surface area contributed by atoms with Crippen molar-refractivity contribution < 1.29 is 14.5 Å². The quantitative estimate of drug-likeness (QED) is 0.601. The van der Waals surface area contributed by atoms with Gasteiger partial charge >= 0.3 is 0 Å². The van der Waals surface area contributed by atoms with Crippen LogP contribution < -0.4 is 4.90 Å². The van der Waals surface area contributed by atoms with Crippen molar-refractivity contribution in [3.8, 4) is 6.07 Å². The zero-order valence-electron chi connectivity index (χ0n) is 12.2. The second kappa shape index (κ2) is 6.87. The molecule has 0 saturated carbocycles. The first kappa shape index (κ1) is 15.7. The number of nitro benzene ring substituents is 1. The lowest BCUT2D eigenvalue weighted by atomic mass is 10.1. The molecule has 1 heterocycles. The molecule has 1 saturated heterocycles. The van der Waals surface area contributed by atoms with Gasteiger partial charge in [0, 0.05) is 26.2 Å². The Morgan fingerprint density at radius 3 is 2.77 bits per heavy atom. The molecule has 0 spiro atoms. The van der Waals surface area contributed by atoms with Gasteiger partial charge in [0.25, 0.3) is 5.69 Å². The van der Waals surface area contributed by atoms with Crippen molar-refractivity contribution in [2.75, 3.05) is 44.8 Å². The van der Waals surface area contributed by atoms with E-state index in [0.717, 1.165) is 0 Å². The lowest BCUT2D eigenvalue weighted by Crippen LogP contribution is -2.45. The van der Waals surface area contributed by atoms with Crippen molar-refractivity contribution in [3.05, 3.63) is 33.9 Å². The van der Waals surface area contributed by atoms with E-state index in [2.05, 4.69) is 0 Å². The average Bonchev–Trinajstić information content (AvgIpc) is 2.54. The van der Waals surface area contributed by atoms with E-state index in [0.29, 0.717) is 31.9 Å². The Balaban J connectivity index is 2.17. The molecule has 8 heteroatoms. The number of carbonyl (C=O) groups is 1. The fourth-order valence-electron chi connectivity index (χ4n) is 2.25. The van der Waals surface area contributed by atoms with Crippen molar-refractivity contribution in [1.82, 2.24) is 4.90 Å². The molecule has 0 bridgehead atoms. The van der Waals surface area contributed by atoms with Gasteiger partial charge in [-0.3, -0.25) is 14.9 Å². The summed E-state index contributed by atoms with van der Waals surface area (Å²) in [6.07, 6.45) is 0. The monoisotopic (exact) mass is 304 g/mol. The minimum Gasteiger partial charge on any atom is -0.378 e. The van der Waals surface area contributed by atoms with Gasteiger partial charge in [-0.05, 0) is 12.1 Å². The molecule has 1 aliphatic rings. The number of hydrogen-bond acceptors (Lipinski definition) is 6. The normalized spacial score (nSPS) is 14.3. The maximum atomic E-state index is 12.2. The molecule has 8 nitrogen and oxygen atoms in total. The fraction of sp³-hybridized carbons (Fsp3) is 0.429. The first-order chi connectivity index (χ1) is 10.5. The third kappa shape index (κ3) is 3.51. The SMILES string of the molecule is CN(CC(=O)N1CCOCC1)c1cc(C#N)ccc1[N+](=O)[O-]. The Kier molecular flexibility index (Phi) is 4.91. The average molecular weight is 304 g/mol. The zero-order valence-corrected chi connectivity index (χ0v) is 12.2. The summed E-state index contributed by atoms with van der Waals surface area (Å²) in [5.41, 5.74) is 0.438. The minimum absolute atomic E-state index is 0.00964. The lowest BCUT2D eigenvalue weighted by Gasteiger charge is -2.29. The fourth-order valence-corrected chi connectivity index (χ4v) is 2.25. The number of morpholine rings is 1. The molecule has 22 heavy (non-hydrogen) atoms. The first-order valence-corrected chi connectivity index (χ1v) is 6.78. The van der Waals surface area contributed by atoms with E-state index < -0.39 is 4.92 Å². The number of carbonyl (C=O) groups excluding carboxylic acids is 1. The number of ether oxygens (including phenoxy) is 1. The molecule has 0 aliphatic carbocycles. The van der Waals surface area contributed by atoms with Crippen molar-refractivity contribution in [1.29, 1.82) is 5.26 Å². The molecule has 0 atom stereocenters. The Labute approximate surface area is 127 Å². The van der Waals surface area contributed by atoms with Gasteiger partial charge in [-0.15, -0.1) is 0 Å². The Morgan fingerprint density at radius 1 is 1.50 bits per heavy atom. The highest BCUT2D eigenvalue weighted by Crippen LogP contribution is 2.28. The Hall–Kier alpha value is -2.66. The standard InChI is InChI=1S/C14H16N4O4/c1-16(10-14(19)17-4-6-22-7-5-17)13-8-11(9-15)2-3-12(13)18(20)21/h2-3,8H,4-7,10H2,1H3. The van der Waals surface area contributed by atoms with Crippen LogP contribution in [0.4, 0.5) is 11.4 Å². The van der Waals surface area contributed by atoms with E-state index in [1.54, 1.807) is 11.9 Å². The Bertz CT molecular complexity index is 620. The summed E-state index contributed by atoms with van der Waals surface area (Å²) in [7, 11) is 1.60. The number of likely N-dealkylation sites (N-methyl/N-ethyl adjacent to an activating group) is 1. The van der Waals surface area contributed by atoms with E-state index >= 15 is 0 Å². The number of hydrogen-bond donors (Lipinski definition) is 0. The molecular formula is C14H16N4O4. The lowest BCUT2D eigenvalue weighted by molar-refractivity contribution is -0.384.